The molecule has 0 aliphatic heterocycles. The second-order valence-corrected chi connectivity index (χ2v) is 5.69. The van der Waals surface area contributed by atoms with E-state index < -0.39 is 0 Å². The van der Waals surface area contributed by atoms with Gasteiger partial charge in [0, 0.05) is 18.3 Å². The van der Waals surface area contributed by atoms with Gasteiger partial charge in [-0.3, -0.25) is 0 Å². The smallest absolute Gasteiger partial charge is 0.225 e. The molecule has 0 saturated heterocycles. The highest BCUT2D eigenvalue weighted by Gasteiger charge is 2.06. The molecule has 0 bridgehead atoms. The molecule has 0 spiro atoms. The van der Waals surface area contributed by atoms with Crippen molar-refractivity contribution in [1.82, 2.24) is 9.97 Å². The van der Waals surface area contributed by atoms with Crippen molar-refractivity contribution in [2.75, 3.05) is 24.9 Å². The summed E-state index contributed by atoms with van der Waals surface area (Å²) in [7, 11) is 3.24. The summed E-state index contributed by atoms with van der Waals surface area (Å²) in [5, 5.41) is 6.48. The summed E-state index contributed by atoms with van der Waals surface area (Å²) in [4.78, 5) is 8.92. The first-order valence-electron chi connectivity index (χ1n) is 8.24. The molecular weight excluding hydrogens is 332 g/mol. The van der Waals surface area contributed by atoms with Crippen LogP contribution in [0.2, 0.25) is 0 Å². The molecule has 0 unspecified atom stereocenters. The first-order chi connectivity index (χ1) is 12.7. The third kappa shape index (κ3) is 4.44. The van der Waals surface area contributed by atoms with Crippen molar-refractivity contribution in [2.24, 2.45) is 0 Å². The summed E-state index contributed by atoms with van der Waals surface area (Å²) in [5.41, 5.74) is 1.91. The van der Waals surface area contributed by atoms with Crippen LogP contribution in [-0.2, 0) is 13.1 Å². The zero-order valence-electron chi connectivity index (χ0n) is 15.1. The van der Waals surface area contributed by atoms with Crippen LogP contribution in [0, 0.1) is 6.92 Å². The van der Waals surface area contributed by atoms with Gasteiger partial charge >= 0.3 is 0 Å². The van der Waals surface area contributed by atoms with Gasteiger partial charge in [0.1, 0.15) is 11.6 Å². The van der Waals surface area contributed by atoms with Gasteiger partial charge in [-0.2, -0.15) is 4.98 Å². The molecular formula is C19H22N4O3. The number of aromatic nitrogens is 2. The Bertz CT molecular complexity index is 850. The first-order valence-corrected chi connectivity index (χ1v) is 8.24. The molecule has 136 valence electrons. The normalized spacial score (nSPS) is 10.4. The average Bonchev–Trinajstić information content (AvgIpc) is 3.17. The summed E-state index contributed by atoms with van der Waals surface area (Å²) in [5.74, 6) is 3.54. The molecule has 0 atom stereocenters. The molecule has 3 aromatic rings. The van der Waals surface area contributed by atoms with Crippen LogP contribution >= 0.6 is 0 Å². The van der Waals surface area contributed by atoms with Crippen molar-refractivity contribution < 1.29 is 13.9 Å². The maximum atomic E-state index is 5.33. The molecule has 0 aliphatic rings. The van der Waals surface area contributed by atoms with Crippen LogP contribution in [0.5, 0.6) is 11.5 Å². The molecule has 1 aromatic carbocycles. The Labute approximate surface area is 152 Å². The number of nitrogens with one attached hydrogen (secondary N) is 2. The van der Waals surface area contributed by atoms with E-state index in [1.807, 2.05) is 43.3 Å². The number of aryl methyl sites for hydroxylation is 1. The molecule has 7 heteroatoms. The lowest BCUT2D eigenvalue weighted by Gasteiger charge is -2.11. The van der Waals surface area contributed by atoms with Crippen LogP contribution in [0.25, 0.3) is 0 Å². The molecule has 3 rings (SSSR count). The minimum atomic E-state index is 0.557. The van der Waals surface area contributed by atoms with Gasteiger partial charge in [0.2, 0.25) is 5.95 Å². The third-order valence-electron chi connectivity index (χ3n) is 3.78. The van der Waals surface area contributed by atoms with E-state index in [0.717, 1.165) is 22.8 Å². The zero-order chi connectivity index (χ0) is 18.4. The van der Waals surface area contributed by atoms with Gasteiger partial charge in [-0.05, 0) is 36.8 Å². The van der Waals surface area contributed by atoms with Crippen LogP contribution in [0.15, 0.2) is 47.1 Å². The fourth-order valence-corrected chi connectivity index (χ4v) is 2.50. The summed E-state index contributed by atoms with van der Waals surface area (Å²) in [6.07, 6.45) is 1.65. The van der Waals surface area contributed by atoms with Gasteiger partial charge in [-0.15, -0.1) is 0 Å². The second kappa shape index (κ2) is 8.24. The number of methoxy groups -OCH3 is 2. The second-order valence-electron chi connectivity index (χ2n) is 5.69. The molecule has 26 heavy (non-hydrogen) atoms. The Kier molecular flexibility index (Phi) is 5.58. The molecule has 2 heterocycles. The molecule has 0 amide bonds. The summed E-state index contributed by atoms with van der Waals surface area (Å²) in [6, 6.07) is 11.4. The number of hydrogen-bond donors (Lipinski definition) is 2. The number of furan rings is 1. The summed E-state index contributed by atoms with van der Waals surface area (Å²) < 4.78 is 15.9. The summed E-state index contributed by atoms with van der Waals surface area (Å²) in [6.45, 7) is 3.07. The van der Waals surface area contributed by atoms with Crippen molar-refractivity contribution in [3.8, 4) is 11.5 Å². The predicted molar refractivity (Wildman–Crippen MR) is 99.7 cm³/mol. The minimum absolute atomic E-state index is 0.557. The molecule has 0 aliphatic carbocycles. The largest absolute Gasteiger partial charge is 0.493 e. The Hall–Kier alpha value is -3.22. The molecule has 0 saturated carbocycles. The zero-order valence-corrected chi connectivity index (χ0v) is 15.1. The Balaban J connectivity index is 1.66. The monoisotopic (exact) mass is 354 g/mol. The van der Waals surface area contributed by atoms with Crippen molar-refractivity contribution in [3.05, 3.63) is 59.7 Å². The lowest BCUT2D eigenvalue weighted by Crippen LogP contribution is -2.08. The lowest BCUT2D eigenvalue weighted by molar-refractivity contribution is 0.354. The standard InChI is InChI=1S/C19H22N4O3/c1-13-9-18(20-12-15-5-4-8-26-15)23-19(22-13)21-11-14-6-7-16(24-2)17(10-14)25-3/h4-10H,11-12H2,1-3H3,(H2,20,21,22,23). The van der Waals surface area contributed by atoms with Gasteiger partial charge in [0.05, 0.1) is 27.0 Å². The molecule has 0 fully saturated rings. The van der Waals surface area contributed by atoms with E-state index in [9.17, 15) is 0 Å². The topological polar surface area (TPSA) is 81.4 Å². The third-order valence-corrected chi connectivity index (χ3v) is 3.78. The first kappa shape index (κ1) is 17.6. The van der Waals surface area contributed by atoms with E-state index in [2.05, 4.69) is 20.6 Å². The van der Waals surface area contributed by atoms with E-state index in [4.69, 9.17) is 13.9 Å². The Morgan fingerprint density at radius 2 is 1.81 bits per heavy atom. The minimum Gasteiger partial charge on any atom is -0.493 e. The van der Waals surface area contributed by atoms with E-state index >= 15 is 0 Å². The van der Waals surface area contributed by atoms with E-state index in [0.29, 0.717) is 30.5 Å². The van der Waals surface area contributed by atoms with Crippen LogP contribution < -0.4 is 20.1 Å². The number of benzene rings is 1. The molecule has 2 aromatic heterocycles. The molecule has 7 nitrogen and oxygen atoms in total. The van der Waals surface area contributed by atoms with Crippen LogP contribution in [0.1, 0.15) is 17.0 Å². The highest BCUT2D eigenvalue weighted by molar-refractivity contribution is 5.45. The molecule has 2 N–H and O–H groups in total. The highest BCUT2D eigenvalue weighted by atomic mass is 16.5. The molecule has 0 radical (unpaired) electrons. The maximum absolute atomic E-state index is 5.33. The van der Waals surface area contributed by atoms with E-state index in [1.165, 1.54) is 0 Å². The van der Waals surface area contributed by atoms with Gasteiger partial charge in [0.25, 0.3) is 0 Å². The van der Waals surface area contributed by atoms with Gasteiger partial charge in [-0.25, -0.2) is 4.98 Å². The van der Waals surface area contributed by atoms with Crippen molar-refractivity contribution in [2.45, 2.75) is 20.0 Å². The predicted octanol–water partition coefficient (Wildman–Crippen LogP) is 3.62. The number of ether oxygens (including phenoxy) is 2. The number of nitrogens with zero attached hydrogens (tertiary/aromatic N) is 2. The van der Waals surface area contributed by atoms with Crippen LogP contribution in [-0.4, -0.2) is 24.2 Å². The van der Waals surface area contributed by atoms with Crippen LogP contribution in [0.3, 0.4) is 0 Å². The summed E-state index contributed by atoms with van der Waals surface area (Å²) >= 11 is 0. The van der Waals surface area contributed by atoms with E-state index in [1.54, 1.807) is 20.5 Å². The van der Waals surface area contributed by atoms with Gasteiger partial charge in [-0.1, -0.05) is 6.07 Å². The lowest BCUT2D eigenvalue weighted by atomic mass is 10.2. The fourth-order valence-electron chi connectivity index (χ4n) is 2.50. The SMILES string of the molecule is COc1ccc(CNc2nc(C)cc(NCc3ccco3)n2)cc1OC. The van der Waals surface area contributed by atoms with E-state index in [-0.39, 0.29) is 0 Å². The Morgan fingerprint density at radius 3 is 2.54 bits per heavy atom. The highest BCUT2D eigenvalue weighted by Crippen LogP contribution is 2.27. The van der Waals surface area contributed by atoms with Crippen LogP contribution in [0.4, 0.5) is 11.8 Å². The van der Waals surface area contributed by atoms with Crippen molar-refractivity contribution in [1.29, 1.82) is 0 Å². The van der Waals surface area contributed by atoms with Gasteiger partial charge < -0.3 is 24.5 Å². The number of anilines is 2. The van der Waals surface area contributed by atoms with Gasteiger partial charge in [0.15, 0.2) is 11.5 Å². The maximum Gasteiger partial charge on any atom is 0.225 e. The number of hydrogen-bond acceptors (Lipinski definition) is 7. The van der Waals surface area contributed by atoms with Crippen molar-refractivity contribution in [3.63, 3.8) is 0 Å². The quantitative estimate of drug-likeness (QED) is 0.639. The fraction of sp³-hybridized carbons (Fsp3) is 0.263. The number of rotatable bonds is 8. The average molecular weight is 354 g/mol. The Morgan fingerprint density at radius 1 is 0.962 bits per heavy atom. The van der Waals surface area contributed by atoms with Crippen molar-refractivity contribution >= 4 is 11.8 Å².